The molecule has 0 bridgehead atoms. The summed E-state index contributed by atoms with van der Waals surface area (Å²) in [4.78, 5) is 16.1. The summed E-state index contributed by atoms with van der Waals surface area (Å²) in [7, 11) is 0. The topological polar surface area (TPSA) is 98.5 Å². The number of hydrazine groups is 1. The molecular weight excluding hydrogens is 272 g/mol. The lowest BCUT2D eigenvalue weighted by molar-refractivity contribution is 0.102. The first-order chi connectivity index (χ1) is 10.3. The maximum Gasteiger partial charge on any atom is 0.255 e. The van der Waals surface area contributed by atoms with Crippen molar-refractivity contribution < 1.29 is 14.3 Å². The van der Waals surface area contributed by atoms with Crippen molar-refractivity contribution in [3.05, 3.63) is 42.1 Å². The van der Waals surface area contributed by atoms with Gasteiger partial charge in [0.15, 0.2) is 11.5 Å². The molecule has 1 aliphatic rings. The van der Waals surface area contributed by atoms with Crippen LogP contribution in [0, 0.1) is 0 Å². The summed E-state index contributed by atoms with van der Waals surface area (Å²) >= 11 is 0. The first-order valence-corrected chi connectivity index (χ1v) is 6.40. The normalized spacial score (nSPS) is 12.6. The highest BCUT2D eigenvalue weighted by Gasteiger charge is 2.13. The minimum atomic E-state index is -0.259. The highest BCUT2D eigenvalue weighted by atomic mass is 16.6. The van der Waals surface area contributed by atoms with Crippen LogP contribution in [-0.2, 0) is 0 Å². The molecule has 0 spiro atoms. The molecular formula is C14H14N4O3. The largest absolute Gasteiger partial charge is 0.486 e. The number of carbonyl (C=O) groups is 1. The summed E-state index contributed by atoms with van der Waals surface area (Å²) in [6.07, 6.45) is 1.51. The van der Waals surface area contributed by atoms with Crippen LogP contribution in [0.15, 0.2) is 36.5 Å². The number of anilines is 2. The fraction of sp³-hybridized carbons (Fsp3) is 0.143. The maximum absolute atomic E-state index is 12.2. The quantitative estimate of drug-likeness (QED) is 0.582. The molecule has 7 nitrogen and oxygen atoms in total. The van der Waals surface area contributed by atoms with Crippen LogP contribution in [0.25, 0.3) is 0 Å². The Morgan fingerprint density at radius 3 is 2.76 bits per heavy atom. The zero-order valence-electron chi connectivity index (χ0n) is 11.1. The van der Waals surface area contributed by atoms with E-state index in [1.807, 2.05) is 0 Å². The van der Waals surface area contributed by atoms with Crippen molar-refractivity contribution in [1.82, 2.24) is 4.98 Å². The first-order valence-electron chi connectivity index (χ1n) is 6.40. The molecule has 108 valence electrons. The zero-order valence-corrected chi connectivity index (χ0v) is 11.1. The molecule has 0 atom stereocenters. The molecule has 1 amide bonds. The van der Waals surface area contributed by atoms with Gasteiger partial charge in [0.05, 0.1) is 0 Å². The number of carbonyl (C=O) groups excluding carboxylic acids is 1. The number of pyridine rings is 1. The van der Waals surface area contributed by atoms with E-state index in [4.69, 9.17) is 15.3 Å². The van der Waals surface area contributed by atoms with Crippen molar-refractivity contribution in [3.8, 4) is 11.5 Å². The van der Waals surface area contributed by atoms with Gasteiger partial charge in [0.2, 0.25) is 0 Å². The SMILES string of the molecule is NNc1cc(C(=O)Nc2ccc3c(c2)OCCO3)ccn1. The molecule has 1 aromatic carbocycles. The third-order valence-electron chi connectivity index (χ3n) is 2.97. The van der Waals surface area contributed by atoms with Gasteiger partial charge >= 0.3 is 0 Å². The van der Waals surface area contributed by atoms with E-state index in [2.05, 4.69) is 15.7 Å². The second-order valence-electron chi connectivity index (χ2n) is 4.39. The number of ether oxygens (including phenoxy) is 2. The predicted molar refractivity (Wildman–Crippen MR) is 77.4 cm³/mol. The Morgan fingerprint density at radius 1 is 1.14 bits per heavy atom. The van der Waals surface area contributed by atoms with Crippen molar-refractivity contribution in [2.75, 3.05) is 24.0 Å². The summed E-state index contributed by atoms with van der Waals surface area (Å²) in [5.41, 5.74) is 3.48. The molecule has 0 saturated carbocycles. The average Bonchev–Trinajstić information content (AvgIpc) is 2.54. The van der Waals surface area contributed by atoms with Gasteiger partial charge in [0.25, 0.3) is 5.91 Å². The number of fused-ring (bicyclic) bond motifs is 1. The van der Waals surface area contributed by atoms with Crippen LogP contribution < -0.4 is 26.1 Å². The minimum Gasteiger partial charge on any atom is -0.486 e. The molecule has 21 heavy (non-hydrogen) atoms. The van der Waals surface area contributed by atoms with Crippen LogP contribution in [0.2, 0.25) is 0 Å². The molecule has 1 aromatic heterocycles. The molecule has 2 heterocycles. The average molecular weight is 286 g/mol. The monoisotopic (exact) mass is 286 g/mol. The third-order valence-corrected chi connectivity index (χ3v) is 2.97. The fourth-order valence-electron chi connectivity index (χ4n) is 1.98. The first kappa shape index (κ1) is 13.2. The van der Waals surface area contributed by atoms with E-state index in [-0.39, 0.29) is 5.91 Å². The van der Waals surface area contributed by atoms with Crippen molar-refractivity contribution in [1.29, 1.82) is 0 Å². The van der Waals surface area contributed by atoms with Gasteiger partial charge in [0, 0.05) is 23.5 Å². The number of nitrogen functional groups attached to an aromatic ring is 1. The number of hydrogen-bond donors (Lipinski definition) is 3. The number of aromatic nitrogens is 1. The highest BCUT2D eigenvalue weighted by Crippen LogP contribution is 2.32. The van der Waals surface area contributed by atoms with Crippen LogP contribution >= 0.6 is 0 Å². The van der Waals surface area contributed by atoms with E-state index in [9.17, 15) is 4.79 Å². The Labute approximate surface area is 121 Å². The predicted octanol–water partition coefficient (Wildman–Crippen LogP) is 1.39. The van der Waals surface area contributed by atoms with Gasteiger partial charge in [-0.15, -0.1) is 0 Å². The number of benzene rings is 1. The molecule has 0 unspecified atom stereocenters. The van der Waals surface area contributed by atoms with Gasteiger partial charge in [-0.1, -0.05) is 0 Å². The third kappa shape index (κ3) is 2.87. The van der Waals surface area contributed by atoms with Crippen molar-refractivity contribution in [2.24, 2.45) is 5.84 Å². The molecule has 0 radical (unpaired) electrons. The summed E-state index contributed by atoms with van der Waals surface area (Å²) in [6.45, 7) is 1.03. The summed E-state index contributed by atoms with van der Waals surface area (Å²) in [5.74, 6) is 6.74. The Morgan fingerprint density at radius 2 is 1.95 bits per heavy atom. The molecule has 3 rings (SSSR count). The van der Waals surface area contributed by atoms with Crippen LogP contribution in [0.3, 0.4) is 0 Å². The summed E-state index contributed by atoms with van der Waals surface area (Å²) < 4.78 is 10.9. The number of hydrogen-bond acceptors (Lipinski definition) is 6. The molecule has 0 saturated heterocycles. The van der Waals surface area contributed by atoms with E-state index in [1.54, 1.807) is 30.3 Å². The standard InChI is InChI=1S/C14H14N4O3/c15-18-13-7-9(3-4-16-13)14(19)17-10-1-2-11-12(8-10)21-6-5-20-11/h1-4,7-8H,5-6,15H2,(H,16,18)(H,17,19). The van der Waals surface area contributed by atoms with Crippen LogP contribution in [0.5, 0.6) is 11.5 Å². The number of amides is 1. The van der Waals surface area contributed by atoms with Crippen molar-refractivity contribution in [3.63, 3.8) is 0 Å². The van der Waals surface area contributed by atoms with Gasteiger partial charge in [0.1, 0.15) is 19.0 Å². The zero-order chi connectivity index (χ0) is 14.7. The second kappa shape index (κ2) is 5.68. The number of nitrogens with zero attached hydrogens (tertiary/aromatic N) is 1. The fourth-order valence-corrected chi connectivity index (χ4v) is 1.98. The molecule has 7 heteroatoms. The maximum atomic E-state index is 12.2. The van der Waals surface area contributed by atoms with Crippen LogP contribution in [-0.4, -0.2) is 24.1 Å². The smallest absolute Gasteiger partial charge is 0.255 e. The lowest BCUT2D eigenvalue weighted by Gasteiger charge is -2.19. The second-order valence-corrected chi connectivity index (χ2v) is 4.39. The van der Waals surface area contributed by atoms with Gasteiger partial charge in [-0.05, 0) is 24.3 Å². The lowest BCUT2D eigenvalue weighted by Crippen LogP contribution is -2.17. The van der Waals surface area contributed by atoms with E-state index < -0.39 is 0 Å². The van der Waals surface area contributed by atoms with Gasteiger partial charge in [-0.25, -0.2) is 10.8 Å². The molecule has 0 aliphatic carbocycles. The summed E-state index contributed by atoms with van der Waals surface area (Å²) in [6, 6.07) is 8.43. The van der Waals surface area contributed by atoms with Crippen LogP contribution in [0.1, 0.15) is 10.4 Å². The molecule has 4 N–H and O–H groups in total. The van der Waals surface area contributed by atoms with Gasteiger partial charge < -0.3 is 20.2 Å². The van der Waals surface area contributed by atoms with E-state index in [1.165, 1.54) is 6.20 Å². The van der Waals surface area contributed by atoms with Crippen molar-refractivity contribution in [2.45, 2.75) is 0 Å². The molecule has 2 aromatic rings. The molecule has 0 fully saturated rings. The Bertz CT molecular complexity index is 675. The summed E-state index contributed by atoms with van der Waals surface area (Å²) in [5, 5.41) is 2.79. The van der Waals surface area contributed by atoms with Crippen molar-refractivity contribution >= 4 is 17.4 Å². The Balaban J connectivity index is 1.78. The van der Waals surface area contributed by atoms with Gasteiger partial charge in [-0.2, -0.15) is 0 Å². The van der Waals surface area contributed by atoms with E-state index in [0.29, 0.717) is 41.8 Å². The lowest BCUT2D eigenvalue weighted by atomic mass is 10.2. The minimum absolute atomic E-state index is 0.259. The highest BCUT2D eigenvalue weighted by molar-refractivity contribution is 6.04. The number of rotatable bonds is 3. The Kier molecular flexibility index (Phi) is 3.57. The van der Waals surface area contributed by atoms with E-state index in [0.717, 1.165) is 0 Å². The molecule has 1 aliphatic heterocycles. The van der Waals surface area contributed by atoms with Gasteiger partial charge in [-0.3, -0.25) is 4.79 Å². The number of nitrogens with one attached hydrogen (secondary N) is 2. The Hall–Kier alpha value is -2.80. The van der Waals surface area contributed by atoms with E-state index >= 15 is 0 Å². The number of nitrogens with two attached hydrogens (primary N) is 1. The van der Waals surface area contributed by atoms with Crippen LogP contribution in [0.4, 0.5) is 11.5 Å².